The monoisotopic (exact) mass is 294 g/mol. The number of nitrogens with zero attached hydrogens (tertiary/aromatic N) is 3. The molecule has 0 spiro atoms. The third kappa shape index (κ3) is 2.25. The predicted octanol–water partition coefficient (Wildman–Crippen LogP) is 2.41. The highest BCUT2D eigenvalue weighted by molar-refractivity contribution is 9.10. The van der Waals surface area contributed by atoms with Crippen molar-refractivity contribution >= 4 is 15.9 Å². The van der Waals surface area contributed by atoms with Gasteiger partial charge in [-0.25, -0.2) is 9.67 Å². The molecule has 2 aromatic rings. The first-order valence-corrected chi connectivity index (χ1v) is 6.22. The van der Waals surface area contributed by atoms with E-state index < -0.39 is 0 Å². The number of pyridine rings is 1. The zero-order valence-corrected chi connectivity index (χ0v) is 11.7. The van der Waals surface area contributed by atoms with Crippen molar-refractivity contribution in [3.05, 3.63) is 39.3 Å². The largest absolute Gasteiger partial charge is 0.326 e. The first-order valence-electron chi connectivity index (χ1n) is 5.42. The van der Waals surface area contributed by atoms with Crippen molar-refractivity contribution in [3.8, 4) is 5.82 Å². The van der Waals surface area contributed by atoms with Gasteiger partial charge in [0, 0.05) is 12.2 Å². The molecule has 0 saturated carbocycles. The number of hydrogen-bond donors (Lipinski definition) is 1. The number of rotatable bonds is 2. The van der Waals surface area contributed by atoms with Crippen molar-refractivity contribution in [2.24, 2.45) is 5.73 Å². The highest BCUT2D eigenvalue weighted by atomic mass is 79.9. The summed E-state index contributed by atoms with van der Waals surface area (Å²) in [5, 5.41) is 4.46. The van der Waals surface area contributed by atoms with Crippen molar-refractivity contribution < 1.29 is 0 Å². The molecule has 0 unspecified atom stereocenters. The molecule has 0 bridgehead atoms. The van der Waals surface area contributed by atoms with Crippen molar-refractivity contribution in [2.45, 2.75) is 27.3 Å². The lowest BCUT2D eigenvalue weighted by Gasteiger charge is -2.07. The van der Waals surface area contributed by atoms with E-state index in [1.807, 2.05) is 37.6 Å². The van der Waals surface area contributed by atoms with Crippen LogP contribution in [0, 0.1) is 20.8 Å². The molecule has 2 rings (SSSR count). The summed E-state index contributed by atoms with van der Waals surface area (Å²) in [6.07, 6.45) is 0. The second-order valence-electron chi connectivity index (χ2n) is 4.08. The predicted molar refractivity (Wildman–Crippen MR) is 71.2 cm³/mol. The minimum absolute atomic E-state index is 0.511. The summed E-state index contributed by atoms with van der Waals surface area (Å²) in [4.78, 5) is 4.49. The van der Waals surface area contributed by atoms with E-state index in [4.69, 9.17) is 5.73 Å². The Morgan fingerprint density at radius 1 is 1.29 bits per heavy atom. The lowest BCUT2D eigenvalue weighted by Crippen LogP contribution is -2.06. The summed E-state index contributed by atoms with van der Waals surface area (Å²) < 4.78 is 2.86. The molecule has 90 valence electrons. The van der Waals surface area contributed by atoms with Gasteiger partial charge in [-0.1, -0.05) is 0 Å². The Hall–Kier alpha value is -1.20. The van der Waals surface area contributed by atoms with E-state index in [1.54, 1.807) is 0 Å². The van der Waals surface area contributed by atoms with E-state index >= 15 is 0 Å². The smallest absolute Gasteiger partial charge is 0.154 e. The van der Waals surface area contributed by atoms with Gasteiger partial charge in [0.05, 0.1) is 15.9 Å². The van der Waals surface area contributed by atoms with Crippen LogP contribution in [-0.2, 0) is 6.54 Å². The molecular weight excluding hydrogens is 280 g/mol. The Labute approximate surface area is 109 Å². The van der Waals surface area contributed by atoms with Crippen LogP contribution < -0.4 is 5.73 Å². The van der Waals surface area contributed by atoms with E-state index in [0.717, 1.165) is 32.9 Å². The molecule has 2 aromatic heterocycles. The van der Waals surface area contributed by atoms with Crippen molar-refractivity contribution in [1.29, 1.82) is 0 Å². The van der Waals surface area contributed by atoms with Gasteiger partial charge in [0.2, 0.25) is 0 Å². The Morgan fingerprint density at radius 2 is 2.00 bits per heavy atom. The molecule has 0 aliphatic rings. The number of hydrogen-bond acceptors (Lipinski definition) is 3. The Morgan fingerprint density at radius 3 is 2.53 bits per heavy atom. The minimum Gasteiger partial charge on any atom is -0.326 e. The quantitative estimate of drug-likeness (QED) is 0.925. The van der Waals surface area contributed by atoms with Gasteiger partial charge in [0.15, 0.2) is 5.82 Å². The fourth-order valence-corrected chi connectivity index (χ4v) is 2.04. The zero-order valence-electron chi connectivity index (χ0n) is 10.2. The maximum Gasteiger partial charge on any atom is 0.154 e. The van der Waals surface area contributed by atoms with E-state index in [-0.39, 0.29) is 0 Å². The maximum atomic E-state index is 5.67. The van der Waals surface area contributed by atoms with Crippen LogP contribution in [-0.4, -0.2) is 14.8 Å². The first kappa shape index (κ1) is 12.3. The molecule has 5 heteroatoms. The SMILES string of the molecule is Cc1cc(CN)cc(-n2nc(C)c(Br)c2C)n1. The zero-order chi connectivity index (χ0) is 12.6. The summed E-state index contributed by atoms with van der Waals surface area (Å²) in [7, 11) is 0. The van der Waals surface area contributed by atoms with Gasteiger partial charge in [-0.15, -0.1) is 0 Å². The van der Waals surface area contributed by atoms with Gasteiger partial charge in [-0.3, -0.25) is 0 Å². The summed E-state index contributed by atoms with van der Waals surface area (Å²) in [6.45, 7) is 6.45. The molecular formula is C12H15BrN4. The van der Waals surface area contributed by atoms with Crippen molar-refractivity contribution in [3.63, 3.8) is 0 Å². The highest BCUT2D eigenvalue weighted by Crippen LogP contribution is 2.22. The van der Waals surface area contributed by atoms with Gasteiger partial charge in [0.1, 0.15) is 0 Å². The lowest BCUT2D eigenvalue weighted by atomic mass is 10.2. The third-order valence-corrected chi connectivity index (χ3v) is 3.80. The topological polar surface area (TPSA) is 56.7 Å². The van der Waals surface area contributed by atoms with Gasteiger partial charge < -0.3 is 5.73 Å². The average molecular weight is 295 g/mol. The van der Waals surface area contributed by atoms with E-state index in [9.17, 15) is 0 Å². The van der Waals surface area contributed by atoms with E-state index in [0.29, 0.717) is 6.54 Å². The number of aromatic nitrogens is 3. The molecule has 2 N–H and O–H groups in total. The second kappa shape index (κ2) is 4.58. The van der Waals surface area contributed by atoms with Crippen LogP contribution in [0.4, 0.5) is 0 Å². The van der Waals surface area contributed by atoms with Crippen LogP contribution in [0.1, 0.15) is 22.6 Å². The number of aryl methyl sites for hydroxylation is 2. The van der Waals surface area contributed by atoms with Crippen LogP contribution in [0.25, 0.3) is 5.82 Å². The Bertz CT molecular complexity index is 560. The molecule has 0 aliphatic carbocycles. The normalized spacial score (nSPS) is 10.9. The van der Waals surface area contributed by atoms with Crippen LogP contribution in [0.3, 0.4) is 0 Å². The first-order chi connectivity index (χ1) is 8.02. The number of halogens is 1. The molecule has 2 heterocycles. The van der Waals surface area contributed by atoms with Crippen LogP contribution in [0.5, 0.6) is 0 Å². The summed E-state index contributed by atoms with van der Waals surface area (Å²) >= 11 is 3.52. The van der Waals surface area contributed by atoms with Crippen LogP contribution in [0.15, 0.2) is 16.6 Å². The molecule has 0 atom stereocenters. The van der Waals surface area contributed by atoms with Crippen molar-refractivity contribution in [1.82, 2.24) is 14.8 Å². The molecule has 0 aromatic carbocycles. The average Bonchev–Trinajstić information content (AvgIpc) is 2.56. The van der Waals surface area contributed by atoms with E-state index in [1.165, 1.54) is 0 Å². The third-order valence-electron chi connectivity index (χ3n) is 2.66. The maximum absolute atomic E-state index is 5.67. The molecule has 0 aliphatic heterocycles. The van der Waals surface area contributed by atoms with Crippen LogP contribution >= 0.6 is 15.9 Å². The second-order valence-corrected chi connectivity index (χ2v) is 4.87. The molecule has 4 nitrogen and oxygen atoms in total. The van der Waals surface area contributed by atoms with Crippen LogP contribution in [0.2, 0.25) is 0 Å². The Balaban J connectivity index is 2.59. The minimum atomic E-state index is 0.511. The highest BCUT2D eigenvalue weighted by Gasteiger charge is 2.11. The molecule has 0 amide bonds. The van der Waals surface area contributed by atoms with Gasteiger partial charge in [-0.05, 0) is 54.4 Å². The standard InChI is InChI=1S/C12H15BrN4/c1-7-4-10(6-14)5-11(15-7)17-9(3)12(13)8(2)16-17/h4-5H,6,14H2,1-3H3. The summed E-state index contributed by atoms with van der Waals surface area (Å²) in [5.74, 6) is 0.816. The fourth-order valence-electron chi connectivity index (χ4n) is 1.79. The molecule has 17 heavy (non-hydrogen) atoms. The van der Waals surface area contributed by atoms with Gasteiger partial charge in [-0.2, -0.15) is 5.10 Å². The van der Waals surface area contributed by atoms with Gasteiger partial charge >= 0.3 is 0 Å². The fraction of sp³-hybridized carbons (Fsp3) is 0.333. The summed E-state index contributed by atoms with van der Waals surface area (Å²) in [6, 6.07) is 3.96. The number of nitrogens with two attached hydrogens (primary N) is 1. The Kier molecular flexibility index (Phi) is 3.31. The van der Waals surface area contributed by atoms with E-state index in [2.05, 4.69) is 26.0 Å². The molecule has 0 radical (unpaired) electrons. The van der Waals surface area contributed by atoms with Crippen molar-refractivity contribution in [2.75, 3.05) is 0 Å². The molecule has 0 fully saturated rings. The van der Waals surface area contributed by atoms with Gasteiger partial charge in [0.25, 0.3) is 0 Å². The molecule has 0 saturated heterocycles. The summed E-state index contributed by atoms with van der Waals surface area (Å²) in [5.41, 5.74) is 9.69. The lowest BCUT2D eigenvalue weighted by molar-refractivity contribution is 0.797.